The lowest BCUT2D eigenvalue weighted by atomic mass is 10.1. The van der Waals surface area contributed by atoms with Gasteiger partial charge >= 0.3 is 5.69 Å². The van der Waals surface area contributed by atoms with E-state index in [-0.39, 0.29) is 11.5 Å². The Morgan fingerprint density at radius 3 is 2.65 bits per heavy atom. The summed E-state index contributed by atoms with van der Waals surface area (Å²) in [6.07, 6.45) is 1.78. The number of hydrogen-bond acceptors (Lipinski definition) is 4. The Morgan fingerprint density at radius 1 is 1.25 bits per heavy atom. The van der Waals surface area contributed by atoms with Crippen LogP contribution in [-0.2, 0) is 13.5 Å². The van der Waals surface area contributed by atoms with E-state index in [2.05, 4.69) is 22.4 Å². The van der Waals surface area contributed by atoms with E-state index in [1.54, 1.807) is 0 Å². The van der Waals surface area contributed by atoms with Crippen LogP contribution in [-0.4, -0.2) is 16.1 Å². The molecule has 0 aliphatic rings. The summed E-state index contributed by atoms with van der Waals surface area (Å²) in [5.41, 5.74) is 6.26. The summed E-state index contributed by atoms with van der Waals surface area (Å²) < 4.78 is 1.21. The van der Waals surface area contributed by atoms with Gasteiger partial charge < -0.3 is 11.1 Å². The third-order valence-electron chi connectivity index (χ3n) is 3.16. The number of H-pyrrole nitrogens is 1. The first-order chi connectivity index (χ1) is 9.59. The Morgan fingerprint density at radius 2 is 1.95 bits per heavy atom. The highest BCUT2D eigenvalue weighted by molar-refractivity contribution is 5.60. The van der Waals surface area contributed by atoms with Gasteiger partial charge in [-0.3, -0.25) is 14.3 Å². The quantitative estimate of drug-likeness (QED) is 0.700. The minimum Gasteiger partial charge on any atom is -0.383 e. The monoisotopic (exact) mass is 274 g/mol. The maximum atomic E-state index is 11.7. The number of nitrogens with one attached hydrogen (secondary N) is 2. The summed E-state index contributed by atoms with van der Waals surface area (Å²) >= 11 is 0. The molecular formula is C14H18N4O2. The largest absolute Gasteiger partial charge is 0.383 e. The van der Waals surface area contributed by atoms with Crippen LogP contribution in [0.25, 0.3) is 0 Å². The number of benzene rings is 1. The number of rotatable bonds is 5. The fraction of sp³-hybridized carbons (Fsp3) is 0.286. The van der Waals surface area contributed by atoms with E-state index in [1.165, 1.54) is 17.2 Å². The Balaban J connectivity index is 1.97. The number of hydrogen-bond donors (Lipinski definition) is 3. The van der Waals surface area contributed by atoms with Gasteiger partial charge in [0.15, 0.2) is 0 Å². The maximum absolute atomic E-state index is 11.7. The summed E-state index contributed by atoms with van der Waals surface area (Å²) in [6.45, 7) is 0.611. The highest BCUT2D eigenvalue weighted by Crippen LogP contribution is 2.09. The Bertz CT molecular complexity index is 689. The fourth-order valence-electron chi connectivity index (χ4n) is 1.96. The molecule has 1 heterocycles. The average Bonchev–Trinajstić information content (AvgIpc) is 2.45. The lowest BCUT2D eigenvalue weighted by Crippen LogP contribution is -2.32. The van der Waals surface area contributed by atoms with Crippen molar-refractivity contribution >= 4 is 11.5 Å². The summed E-state index contributed by atoms with van der Waals surface area (Å²) in [4.78, 5) is 25.2. The van der Waals surface area contributed by atoms with Crippen LogP contribution in [0.5, 0.6) is 0 Å². The molecule has 0 amide bonds. The first kappa shape index (κ1) is 13.9. The van der Waals surface area contributed by atoms with E-state index in [0.717, 1.165) is 12.8 Å². The van der Waals surface area contributed by atoms with E-state index in [1.807, 2.05) is 18.2 Å². The predicted molar refractivity (Wildman–Crippen MR) is 80.0 cm³/mol. The van der Waals surface area contributed by atoms with Gasteiger partial charge in [0.2, 0.25) is 0 Å². The van der Waals surface area contributed by atoms with Crippen LogP contribution in [0, 0.1) is 0 Å². The fourth-order valence-corrected chi connectivity index (χ4v) is 1.96. The molecule has 0 atom stereocenters. The molecule has 1 aromatic heterocycles. The Kier molecular flexibility index (Phi) is 4.24. The number of nitrogens with two attached hydrogens (primary N) is 1. The van der Waals surface area contributed by atoms with Crippen LogP contribution in [0.3, 0.4) is 0 Å². The third-order valence-corrected chi connectivity index (χ3v) is 3.16. The minimum atomic E-state index is -0.512. The second-order valence-electron chi connectivity index (χ2n) is 4.59. The number of anilines is 2. The highest BCUT2D eigenvalue weighted by atomic mass is 16.2. The topological polar surface area (TPSA) is 92.9 Å². The van der Waals surface area contributed by atoms with Gasteiger partial charge in [-0.2, -0.15) is 0 Å². The highest BCUT2D eigenvalue weighted by Gasteiger charge is 2.08. The normalized spacial score (nSPS) is 10.4. The summed E-state index contributed by atoms with van der Waals surface area (Å²) in [5.74, 6) is 0.151. The molecule has 1 aromatic carbocycles. The van der Waals surface area contributed by atoms with Crippen molar-refractivity contribution in [2.75, 3.05) is 17.6 Å². The second-order valence-corrected chi connectivity index (χ2v) is 4.59. The zero-order valence-corrected chi connectivity index (χ0v) is 11.3. The molecule has 6 nitrogen and oxygen atoms in total. The van der Waals surface area contributed by atoms with Crippen molar-refractivity contribution in [1.29, 1.82) is 0 Å². The number of nitrogens with zero attached hydrogens (tertiary/aromatic N) is 1. The van der Waals surface area contributed by atoms with Gasteiger partial charge in [0, 0.05) is 13.6 Å². The lowest BCUT2D eigenvalue weighted by molar-refractivity contribution is 0.806. The van der Waals surface area contributed by atoms with E-state index < -0.39 is 11.2 Å². The molecule has 0 spiro atoms. The molecule has 20 heavy (non-hydrogen) atoms. The van der Waals surface area contributed by atoms with Gasteiger partial charge in [-0.05, 0) is 18.4 Å². The number of nitrogen functional groups attached to an aromatic ring is 1. The van der Waals surface area contributed by atoms with Crippen molar-refractivity contribution in [3.63, 3.8) is 0 Å². The molecule has 0 saturated carbocycles. The van der Waals surface area contributed by atoms with Crippen molar-refractivity contribution in [3.8, 4) is 0 Å². The molecule has 0 fully saturated rings. The van der Waals surface area contributed by atoms with Crippen molar-refractivity contribution in [2.24, 2.45) is 7.05 Å². The Hall–Kier alpha value is -2.50. The molecule has 0 aliphatic carbocycles. The van der Waals surface area contributed by atoms with Crippen LogP contribution in [0.2, 0.25) is 0 Å². The minimum absolute atomic E-state index is 0.151. The first-order valence-electron chi connectivity index (χ1n) is 6.46. The zero-order valence-electron chi connectivity index (χ0n) is 11.3. The van der Waals surface area contributed by atoms with Crippen molar-refractivity contribution < 1.29 is 0 Å². The van der Waals surface area contributed by atoms with Crippen LogP contribution < -0.4 is 22.3 Å². The van der Waals surface area contributed by atoms with Crippen LogP contribution in [0.15, 0.2) is 39.9 Å². The summed E-state index contributed by atoms with van der Waals surface area (Å²) in [5, 5.41) is 2.99. The first-order valence-corrected chi connectivity index (χ1v) is 6.46. The number of aromatic amines is 1. The molecular weight excluding hydrogens is 256 g/mol. The molecule has 0 bridgehead atoms. The lowest BCUT2D eigenvalue weighted by Gasteiger charge is -2.10. The maximum Gasteiger partial charge on any atom is 0.329 e. The predicted octanol–water partition coefficient (Wildman–Crippen LogP) is 0.700. The van der Waals surface area contributed by atoms with Crippen LogP contribution >= 0.6 is 0 Å². The van der Waals surface area contributed by atoms with Crippen molar-refractivity contribution in [3.05, 3.63) is 56.7 Å². The van der Waals surface area contributed by atoms with Crippen LogP contribution in [0.4, 0.5) is 11.5 Å². The van der Waals surface area contributed by atoms with Crippen LogP contribution in [0.1, 0.15) is 12.0 Å². The molecule has 106 valence electrons. The van der Waals surface area contributed by atoms with E-state index in [4.69, 9.17) is 5.73 Å². The molecule has 2 rings (SSSR count). The number of aryl methyl sites for hydroxylation is 1. The Labute approximate surface area is 116 Å². The van der Waals surface area contributed by atoms with Gasteiger partial charge in [0.1, 0.15) is 11.5 Å². The molecule has 0 aliphatic heterocycles. The third kappa shape index (κ3) is 3.09. The molecule has 4 N–H and O–H groups in total. The standard InChI is InChI=1S/C14H18N4O2/c1-18-12(15)11(13(19)17-14(18)20)16-9-5-8-10-6-3-2-4-7-10/h2-4,6-7,16H,5,8-9,15H2,1H3,(H,17,19,20). The van der Waals surface area contributed by atoms with Gasteiger partial charge in [0.05, 0.1) is 0 Å². The summed E-state index contributed by atoms with van der Waals surface area (Å²) in [6, 6.07) is 10.1. The van der Waals surface area contributed by atoms with E-state index in [9.17, 15) is 9.59 Å². The van der Waals surface area contributed by atoms with Gasteiger partial charge in [-0.25, -0.2) is 4.79 Å². The van der Waals surface area contributed by atoms with Gasteiger partial charge in [0.25, 0.3) is 5.56 Å². The SMILES string of the molecule is Cn1c(N)c(NCCCc2ccccc2)c(=O)[nH]c1=O. The second kappa shape index (κ2) is 6.10. The smallest absolute Gasteiger partial charge is 0.329 e. The van der Waals surface area contributed by atoms with Crippen molar-refractivity contribution in [1.82, 2.24) is 9.55 Å². The molecule has 2 aromatic rings. The molecule has 0 unspecified atom stereocenters. The van der Waals surface area contributed by atoms with Gasteiger partial charge in [-0.15, -0.1) is 0 Å². The van der Waals surface area contributed by atoms with Gasteiger partial charge in [-0.1, -0.05) is 30.3 Å². The molecule has 0 saturated heterocycles. The molecule has 6 heteroatoms. The number of aromatic nitrogens is 2. The molecule has 0 radical (unpaired) electrons. The zero-order chi connectivity index (χ0) is 14.5. The van der Waals surface area contributed by atoms with E-state index >= 15 is 0 Å². The average molecular weight is 274 g/mol. The summed E-state index contributed by atoms with van der Waals surface area (Å²) in [7, 11) is 1.52. The van der Waals surface area contributed by atoms with E-state index in [0.29, 0.717) is 6.54 Å². The van der Waals surface area contributed by atoms with Crippen molar-refractivity contribution in [2.45, 2.75) is 12.8 Å².